The second kappa shape index (κ2) is 8.94. The Bertz CT molecular complexity index is 1170. The Hall–Kier alpha value is -3.07. The zero-order valence-electron chi connectivity index (χ0n) is 19.1. The molecule has 0 aromatic carbocycles. The first-order valence-electron chi connectivity index (χ1n) is 12.2. The van der Waals surface area contributed by atoms with Crippen LogP contribution < -0.4 is 15.0 Å². The van der Waals surface area contributed by atoms with Crippen LogP contribution in [0.1, 0.15) is 57.8 Å². The van der Waals surface area contributed by atoms with E-state index in [4.69, 9.17) is 9.72 Å². The van der Waals surface area contributed by atoms with Crippen molar-refractivity contribution in [1.29, 1.82) is 0 Å². The molecule has 2 aliphatic carbocycles. The first-order valence-corrected chi connectivity index (χ1v) is 13.0. The quantitative estimate of drug-likeness (QED) is 0.512. The van der Waals surface area contributed by atoms with E-state index >= 15 is 0 Å². The summed E-state index contributed by atoms with van der Waals surface area (Å²) in [6.45, 7) is 0.724. The number of carbonyl (C=O) groups excluding carboxylic acids is 1. The highest BCUT2D eigenvalue weighted by Crippen LogP contribution is 2.56. The van der Waals surface area contributed by atoms with E-state index in [0.29, 0.717) is 28.8 Å². The highest BCUT2D eigenvalue weighted by Gasteiger charge is 2.45. The summed E-state index contributed by atoms with van der Waals surface area (Å²) in [4.78, 5) is 32.8. The van der Waals surface area contributed by atoms with E-state index in [1.54, 1.807) is 23.5 Å². The van der Waals surface area contributed by atoms with Gasteiger partial charge in [0.15, 0.2) is 5.13 Å². The second-order valence-corrected chi connectivity index (χ2v) is 10.6. The lowest BCUT2D eigenvalue weighted by atomic mass is 9.85. The third-order valence-corrected chi connectivity index (χ3v) is 8.15. The van der Waals surface area contributed by atoms with E-state index in [1.165, 1.54) is 37.0 Å². The first-order chi connectivity index (χ1) is 16.7. The smallest absolute Gasteiger partial charge is 0.229 e. The van der Waals surface area contributed by atoms with Gasteiger partial charge in [0.25, 0.3) is 0 Å². The summed E-state index contributed by atoms with van der Waals surface area (Å²) in [6.07, 6.45) is 15.6. The minimum Gasteiger partial charge on any atom is -0.474 e. The molecule has 3 fully saturated rings. The number of hydrogen-bond donors (Lipinski definition) is 1. The van der Waals surface area contributed by atoms with Crippen molar-refractivity contribution in [2.24, 2.45) is 5.41 Å². The van der Waals surface area contributed by atoms with Crippen LogP contribution >= 0.6 is 11.3 Å². The maximum Gasteiger partial charge on any atom is 0.229 e. The van der Waals surface area contributed by atoms with Gasteiger partial charge < -0.3 is 15.0 Å². The maximum atomic E-state index is 12.1. The molecule has 3 aliphatic rings. The van der Waals surface area contributed by atoms with Crippen LogP contribution in [0.15, 0.2) is 36.8 Å². The summed E-state index contributed by atoms with van der Waals surface area (Å²) >= 11 is 1.49. The molecule has 1 saturated heterocycles. The predicted octanol–water partition coefficient (Wildman–Crippen LogP) is 5.36. The molecule has 0 unspecified atom stereocenters. The number of hydrogen-bond acceptors (Lipinski definition) is 8. The molecule has 1 spiro atoms. The maximum absolute atomic E-state index is 12.1. The van der Waals surface area contributed by atoms with Crippen LogP contribution in [0.25, 0.3) is 10.6 Å². The van der Waals surface area contributed by atoms with Crippen LogP contribution in [0.3, 0.4) is 0 Å². The van der Waals surface area contributed by atoms with E-state index in [9.17, 15) is 4.79 Å². The molecule has 3 aromatic heterocycles. The number of aromatic nitrogens is 4. The Balaban J connectivity index is 1.09. The third kappa shape index (κ3) is 4.61. The molecule has 0 atom stereocenters. The van der Waals surface area contributed by atoms with E-state index in [2.05, 4.69) is 20.3 Å². The van der Waals surface area contributed by atoms with E-state index in [0.717, 1.165) is 48.5 Å². The molecular formula is C25H28N6O2S. The number of nitrogens with zero attached hydrogens (tertiary/aromatic N) is 5. The highest BCUT2D eigenvalue weighted by atomic mass is 32.1. The Kier molecular flexibility index (Phi) is 5.64. The van der Waals surface area contributed by atoms with Crippen LogP contribution in [0, 0.1) is 5.41 Å². The van der Waals surface area contributed by atoms with Crippen LogP contribution in [0.4, 0.5) is 16.8 Å². The average Bonchev–Trinajstić information content (AvgIpc) is 3.46. The lowest BCUT2D eigenvalue weighted by Crippen LogP contribution is -2.35. The Morgan fingerprint density at radius 2 is 1.85 bits per heavy atom. The Morgan fingerprint density at radius 3 is 2.62 bits per heavy atom. The molecule has 176 valence electrons. The molecule has 1 amide bonds. The number of nitrogens with one attached hydrogen (secondary N) is 1. The standard InChI is InChI=1S/C25H28N6O2S/c32-22-6-1-2-13-31(22)17-14-26-23(27-15-17)30-24-28-16-20(34-24)19-4-3-5-21(29-19)33-18-7-9-25(10-8-18)11-12-25/h3-5,14-16,18H,1-2,6-13H2,(H,26,27,28,30). The van der Waals surface area contributed by atoms with Crippen molar-refractivity contribution in [3.8, 4) is 16.5 Å². The number of piperidine rings is 1. The molecule has 4 heterocycles. The molecule has 1 aliphatic heterocycles. The summed E-state index contributed by atoms with van der Waals surface area (Å²) in [6, 6.07) is 5.90. The van der Waals surface area contributed by atoms with Gasteiger partial charge in [0.2, 0.25) is 17.7 Å². The van der Waals surface area contributed by atoms with Crippen molar-refractivity contribution in [1.82, 2.24) is 19.9 Å². The fourth-order valence-corrected chi connectivity index (χ4v) is 5.72. The topological polar surface area (TPSA) is 93.1 Å². The van der Waals surface area contributed by atoms with Gasteiger partial charge in [0, 0.05) is 25.2 Å². The lowest BCUT2D eigenvalue weighted by Gasteiger charge is -2.28. The molecule has 0 bridgehead atoms. The van der Waals surface area contributed by atoms with Crippen LogP contribution in [-0.4, -0.2) is 38.5 Å². The van der Waals surface area contributed by atoms with Gasteiger partial charge in [-0.15, -0.1) is 0 Å². The molecule has 8 nitrogen and oxygen atoms in total. The molecule has 1 N–H and O–H groups in total. The summed E-state index contributed by atoms with van der Waals surface area (Å²) < 4.78 is 6.22. The minimum atomic E-state index is 0.133. The molecule has 2 saturated carbocycles. The zero-order valence-corrected chi connectivity index (χ0v) is 19.9. The first kappa shape index (κ1) is 21.5. The normalized spacial score (nSPS) is 19.9. The van der Waals surface area contributed by atoms with Crippen LogP contribution in [-0.2, 0) is 4.79 Å². The molecule has 0 radical (unpaired) electrons. The largest absolute Gasteiger partial charge is 0.474 e. The summed E-state index contributed by atoms with van der Waals surface area (Å²) in [5.74, 6) is 1.27. The molecule has 3 aromatic rings. The van der Waals surface area contributed by atoms with Gasteiger partial charge >= 0.3 is 0 Å². The zero-order chi connectivity index (χ0) is 23.0. The van der Waals surface area contributed by atoms with Crippen molar-refractivity contribution >= 4 is 34.0 Å². The number of pyridine rings is 1. The Labute approximate surface area is 202 Å². The number of rotatable bonds is 6. The van der Waals surface area contributed by atoms with Gasteiger partial charge in [-0.1, -0.05) is 17.4 Å². The SMILES string of the molecule is O=C1CCCCN1c1cnc(Nc2ncc(-c3cccc(OC4CCC5(CC4)CC5)n3)s2)nc1. The summed E-state index contributed by atoms with van der Waals surface area (Å²) in [7, 11) is 0. The minimum absolute atomic E-state index is 0.133. The van der Waals surface area contributed by atoms with Gasteiger partial charge in [-0.3, -0.25) is 4.79 Å². The fraction of sp³-hybridized carbons (Fsp3) is 0.480. The number of amides is 1. The highest BCUT2D eigenvalue weighted by molar-refractivity contribution is 7.18. The summed E-state index contributed by atoms with van der Waals surface area (Å²) in [5.41, 5.74) is 2.25. The van der Waals surface area contributed by atoms with Crippen LogP contribution in [0.5, 0.6) is 5.88 Å². The van der Waals surface area contributed by atoms with Gasteiger partial charge in [-0.25, -0.2) is 19.9 Å². The number of carbonyl (C=O) groups is 1. The van der Waals surface area contributed by atoms with Gasteiger partial charge in [-0.2, -0.15) is 0 Å². The molecular weight excluding hydrogens is 448 g/mol. The third-order valence-electron chi connectivity index (χ3n) is 7.21. The van der Waals surface area contributed by atoms with Gasteiger partial charge in [0.05, 0.1) is 28.7 Å². The van der Waals surface area contributed by atoms with Crippen molar-refractivity contribution in [3.63, 3.8) is 0 Å². The molecule has 9 heteroatoms. The fourth-order valence-electron chi connectivity index (χ4n) is 4.94. The molecule has 6 rings (SSSR count). The van der Waals surface area contributed by atoms with Crippen molar-refractivity contribution in [2.75, 3.05) is 16.8 Å². The number of ether oxygens (including phenoxy) is 1. The number of thiazole rings is 1. The number of anilines is 3. The van der Waals surface area contributed by atoms with E-state index in [-0.39, 0.29) is 12.0 Å². The van der Waals surface area contributed by atoms with Crippen molar-refractivity contribution in [2.45, 2.75) is 63.9 Å². The average molecular weight is 477 g/mol. The van der Waals surface area contributed by atoms with Crippen LogP contribution in [0.2, 0.25) is 0 Å². The van der Waals surface area contributed by atoms with Crippen molar-refractivity contribution in [3.05, 3.63) is 36.8 Å². The lowest BCUT2D eigenvalue weighted by molar-refractivity contribution is -0.119. The monoisotopic (exact) mass is 476 g/mol. The van der Waals surface area contributed by atoms with E-state index < -0.39 is 0 Å². The Morgan fingerprint density at radius 1 is 1.03 bits per heavy atom. The van der Waals surface area contributed by atoms with Gasteiger partial charge in [-0.05, 0) is 62.8 Å². The molecule has 34 heavy (non-hydrogen) atoms. The van der Waals surface area contributed by atoms with Gasteiger partial charge in [0.1, 0.15) is 6.10 Å². The predicted molar refractivity (Wildman–Crippen MR) is 131 cm³/mol. The van der Waals surface area contributed by atoms with Crippen molar-refractivity contribution < 1.29 is 9.53 Å². The summed E-state index contributed by atoms with van der Waals surface area (Å²) in [5, 5.41) is 3.84. The van der Waals surface area contributed by atoms with E-state index in [1.807, 2.05) is 18.2 Å². The second-order valence-electron chi connectivity index (χ2n) is 9.60.